The van der Waals surface area contributed by atoms with Crippen molar-refractivity contribution < 1.29 is 41.9 Å². The smallest absolute Gasteiger partial charge is 0.410 e. The van der Waals surface area contributed by atoms with Crippen molar-refractivity contribution in [2.24, 2.45) is 16.7 Å². The molecule has 0 radical (unpaired) electrons. The zero-order valence-electron chi connectivity index (χ0n) is 35.3. The van der Waals surface area contributed by atoms with E-state index in [1.807, 2.05) is 45.0 Å². The summed E-state index contributed by atoms with van der Waals surface area (Å²) in [7, 11) is -2.15. The highest BCUT2D eigenvalue weighted by molar-refractivity contribution is 7.88. The maximum atomic E-state index is 14.7. The largest absolute Gasteiger partial charge is 0.444 e. The molecule has 1 saturated carbocycles. The predicted octanol–water partition coefficient (Wildman–Crippen LogP) is 2.72. The number of rotatable bonds is 15. The van der Waals surface area contributed by atoms with Gasteiger partial charge in [0.25, 0.3) is 5.91 Å². The summed E-state index contributed by atoms with van der Waals surface area (Å²) in [6, 6.07) is 2.86. The van der Waals surface area contributed by atoms with E-state index in [2.05, 4.69) is 27.8 Å². The summed E-state index contributed by atoms with van der Waals surface area (Å²) in [6.07, 6.45) is 4.48. The second-order valence-electron chi connectivity index (χ2n) is 18.0. The van der Waals surface area contributed by atoms with E-state index in [1.165, 1.54) is 18.0 Å². The Labute approximate surface area is 343 Å². The molecule has 6 amide bonds. The van der Waals surface area contributed by atoms with Crippen molar-refractivity contribution in [3.63, 3.8) is 0 Å². The number of Topliss-reactive ketones (excluding diaryl/α,β-unsaturated/α-hetero) is 1. The van der Waals surface area contributed by atoms with Gasteiger partial charge < -0.3 is 35.8 Å². The molecule has 4 rings (SSSR count). The van der Waals surface area contributed by atoms with Crippen LogP contribution in [0.5, 0.6) is 0 Å². The number of nitrogens with one attached hydrogen (secondary N) is 4. The number of carbonyl (C=O) groups excluding carboxylic acids is 6. The summed E-state index contributed by atoms with van der Waals surface area (Å²) in [5.41, 5.74) is 0.655. The molecule has 17 heteroatoms. The molecule has 2 fully saturated rings. The van der Waals surface area contributed by atoms with Crippen LogP contribution >= 0.6 is 0 Å². The number of sulfonamides is 1. The Balaban J connectivity index is 1.60. The molecule has 16 nitrogen and oxygen atoms in total. The van der Waals surface area contributed by atoms with Crippen molar-refractivity contribution in [1.82, 2.24) is 35.4 Å². The maximum Gasteiger partial charge on any atom is 0.410 e. The second kappa shape index (κ2) is 19.0. The molecular weight excluding hydrogens is 767 g/mol. The molecule has 0 spiro atoms. The molecule has 0 aromatic heterocycles. The van der Waals surface area contributed by atoms with E-state index in [0.29, 0.717) is 19.5 Å². The third-order valence-electron chi connectivity index (χ3n) is 11.3. The number of amides is 6. The predicted molar refractivity (Wildman–Crippen MR) is 219 cm³/mol. The van der Waals surface area contributed by atoms with Crippen LogP contribution in [0, 0.1) is 16.7 Å². The molecule has 1 aromatic carbocycles. The minimum Gasteiger partial charge on any atom is -0.444 e. The van der Waals surface area contributed by atoms with E-state index in [4.69, 9.17) is 4.74 Å². The minimum absolute atomic E-state index is 0.0275. The number of hydrogen-bond donors (Lipinski definition) is 4. The van der Waals surface area contributed by atoms with Crippen LogP contribution in [0.3, 0.4) is 0 Å². The minimum atomic E-state index is -3.57. The number of carbonyl (C=O) groups is 6. The average Bonchev–Trinajstić information content (AvgIpc) is 3.55. The van der Waals surface area contributed by atoms with Gasteiger partial charge in [-0.25, -0.2) is 22.3 Å². The van der Waals surface area contributed by atoms with Gasteiger partial charge in [-0.15, -0.1) is 6.58 Å². The highest BCUT2D eigenvalue weighted by atomic mass is 32.2. The summed E-state index contributed by atoms with van der Waals surface area (Å²) >= 11 is 0. The molecule has 1 aliphatic carbocycles. The molecule has 2 aliphatic heterocycles. The zero-order valence-corrected chi connectivity index (χ0v) is 36.1. The molecule has 322 valence electrons. The van der Waals surface area contributed by atoms with Crippen LogP contribution in [0.2, 0.25) is 0 Å². The van der Waals surface area contributed by atoms with Crippen LogP contribution in [0.15, 0.2) is 36.9 Å². The van der Waals surface area contributed by atoms with Gasteiger partial charge in [0.1, 0.15) is 18.2 Å². The lowest BCUT2D eigenvalue weighted by molar-refractivity contribution is -0.144. The lowest BCUT2D eigenvalue weighted by atomic mass is 9.80. The Morgan fingerprint density at radius 2 is 1.64 bits per heavy atom. The third-order valence-corrected chi connectivity index (χ3v) is 12.6. The van der Waals surface area contributed by atoms with Gasteiger partial charge in [0.05, 0.1) is 18.8 Å². The van der Waals surface area contributed by atoms with E-state index in [1.54, 1.807) is 25.7 Å². The van der Waals surface area contributed by atoms with Crippen LogP contribution in [0.4, 0.5) is 9.59 Å². The fourth-order valence-electron chi connectivity index (χ4n) is 7.29. The van der Waals surface area contributed by atoms with Crippen LogP contribution < -0.4 is 21.3 Å². The van der Waals surface area contributed by atoms with E-state index < -0.39 is 86.8 Å². The highest BCUT2D eigenvalue weighted by Crippen LogP contribution is 2.32. The normalized spacial score (nSPS) is 20.2. The zero-order chi connectivity index (χ0) is 43.2. The fourth-order valence-corrected chi connectivity index (χ4v) is 7.71. The number of ketones is 1. The van der Waals surface area contributed by atoms with Gasteiger partial charge in [-0.05, 0) is 40.7 Å². The quantitative estimate of drug-likeness (QED) is 0.151. The van der Waals surface area contributed by atoms with Gasteiger partial charge in [-0.3, -0.25) is 19.2 Å². The Bertz CT molecular complexity index is 1820. The van der Waals surface area contributed by atoms with Crippen molar-refractivity contribution in [2.75, 3.05) is 39.5 Å². The van der Waals surface area contributed by atoms with Gasteiger partial charge in [-0.1, -0.05) is 91.1 Å². The Morgan fingerprint density at radius 1 is 0.983 bits per heavy atom. The summed E-state index contributed by atoms with van der Waals surface area (Å²) < 4.78 is 31.6. The van der Waals surface area contributed by atoms with Gasteiger partial charge in [0, 0.05) is 45.7 Å². The Morgan fingerprint density at radius 3 is 2.21 bits per heavy atom. The molecule has 0 bridgehead atoms. The lowest BCUT2D eigenvalue weighted by Gasteiger charge is -2.37. The number of likely N-dealkylation sites (tertiary alicyclic amines) is 1. The molecule has 2 heterocycles. The lowest BCUT2D eigenvalue weighted by Crippen LogP contribution is -2.62. The highest BCUT2D eigenvalue weighted by Gasteiger charge is 2.47. The van der Waals surface area contributed by atoms with Crippen LogP contribution in [0.1, 0.15) is 84.8 Å². The molecule has 5 atom stereocenters. The first-order valence-corrected chi connectivity index (χ1v) is 21.9. The van der Waals surface area contributed by atoms with E-state index in [9.17, 15) is 37.2 Å². The van der Waals surface area contributed by atoms with Crippen LogP contribution in [-0.2, 0) is 46.9 Å². The third kappa shape index (κ3) is 12.3. The topological polar surface area (TPSA) is 204 Å². The molecule has 3 aliphatic rings. The molecule has 4 N–H and O–H groups in total. The number of hydrogen-bond acceptors (Lipinski definition) is 9. The van der Waals surface area contributed by atoms with Crippen molar-refractivity contribution in [3.05, 3.63) is 48.0 Å². The summed E-state index contributed by atoms with van der Waals surface area (Å²) in [5.74, 6) is -2.86. The average molecular weight is 830 g/mol. The second-order valence-corrected chi connectivity index (χ2v) is 20.1. The number of urea groups is 1. The number of fused-ring (bicyclic) bond motifs is 1. The SMILES string of the molecule is C=CCNC(=O)C(=O)C(CC1CCC1)NC(=O)C1CC(OC(=O)N2CCc3ccccc3C2)CN1C(=O)[C@@H](NC(=O)N[C@H](CN(C)S(C)(=O)=O)C(C)(C)C)C(C)(C)C. The number of benzene rings is 1. The van der Waals surface area contributed by atoms with Gasteiger partial charge in [0.2, 0.25) is 27.6 Å². The van der Waals surface area contributed by atoms with Crippen molar-refractivity contribution in [2.45, 2.75) is 117 Å². The van der Waals surface area contributed by atoms with Crippen LogP contribution in [-0.4, -0.2) is 128 Å². The summed E-state index contributed by atoms with van der Waals surface area (Å²) in [4.78, 5) is 85.3. The van der Waals surface area contributed by atoms with E-state index in [-0.39, 0.29) is 38.4 Å². The monoisotopic (exact) mass is 829 g/mol. The Hall–Kier alpha value is -4.51. The van der Waals surface area contributed by atoms with Crippen LogP contribution in [0.25, 0.3) is 0 Å². The molecule has 3 unspecified atom stereocenters. The Kier molecular flexibility index (Phi) is 15.2. The maximum absolute atomic E-state index is 14.7. The van der Waals surface area contributed by atoms with E-state index >= 15 is 0 Å². The van der Waals surface area contributed by atoms with E-state index in [0.717, 1.165) is 41.0 Å². The number of likely N-dealkylation sites (N-methyl/N-ethyl adjacent to an activating group) is 1. The van der Waals surface area contributed by atoms with Gasteiger partial charge >= 0.3 is 12.1 Å². The van der Waals surface area contributed by atoms with Gasteiger partial charge in [0.15, 0.2) is 0 Å². The molecule has 1 saturated heterocycles. The number of nitrogens with zero attached hydrogens (tertiary/aromatic N) is 3. The molecule has 58 heavy (non-hydrogen) atoms. The molecular formula is C41H63N7O9S. The van der Waals surface area contributed by atoms with Crippen molar-refractivity contribution in [3.8, 4) is 0 Å². The summed E-state index contributed by atoms with van der Waals surface area (Å²) in [6.45, 7) is 15.0. The number of ether oxygens (including phenoxy) is 1. The van der Waals surface area contributed by atoms with Gasteiger partial charge in [-0.2, -0.15) is 0 Å². The molecule has 1 aromatic rings. The fraction of sp³-hybridized carbons (Fsp3) is 0.659. The standard InChI is InChI=1S/C41H63N7O9S/c1-10-19-42-36(51)33(49)30(21-26-14-13-15-26)43-35(50)31-22-29(57-39(54)47-20-18-27-16-11-12-17-28(27)23-47)24-48(31)37(52)34(41(5,6)7)45-38(53)44-32(40(2,3)4)25-46(8)58(9,55)56/h10-12,16-17,26,29-32,34H,1,13-15,18-25H2,2-9H3,(H,42,51)(H,43,50)(H2,44,45,53)/t29?,30?,31?,32-,34-/m1/s1. The first-order valence-electron chi connectivity index (χ1n) is 20.0. The first kappa shape index (κ1) is 46.2. The first-order chi connectivity index (χ1) is 27.0. The summed E-state index contributed by atoms with van der Waals surface area (Å²) in [5, 5.41) is 10.9. The van der Waals surface area contributed by atoms with Crippen molar-refractivity contribution in [1.29, 1.82) is 0 Å². The van der Waals surface area contributed by atoms with Crippen molar-refractivity contribution >= 4 is 45.7 Å².